The van der Waals surface area contributed by atoms with Crippen molar-refractivity contribution in [1.29, 1.82) is 0 Å². The van der Waals surface area contributed by atoms with Gasteiger partial charge in [0.2, 0.25) is 5.91 Å². The molecule has 2 N–H and O–H groups in total. The van der Waals surface area contributed by atoms with Gasteiger partial charge in [0.05, 0.1) is 0 Å². The van der Waals surface area contributed by atoms with E-state index in [0.29, 0.717) is 5.88 Å². The summed E-state index contributed by atoms with van der Waals surface area (Å²) < 4.78 is 0. The molecule has 1 aliphatic rings. The molecule has 82 valence electrons. The molecule has 1 amide bonds. The minimum atomic E-state index is -0.427. The Morgan fingerprint density at radius 3 is 2.50 bits per heavy atom. The van der Waals surface area contributed by atoms with Crippen molar-refractivity contribution in [2.75, 3.05) is 12.5 Å². The van der Waals surface area contributed by atoms with Gasteiger partial charge in [-0.15, -0.1) is 11.6 Å². The molecule has 1 fully saturated rings. The summed E-state index contributed by atoms with van der Waals surface area (Å²) in [5, 5.41) is 11.6. The van der Waals surface area contributed by atoms with E-state index in [1.54, 1.807) is 0 Å². The fraction of sp³-hybridized carbons (Fsp3) is 0.900. The van der Waals surface area contributed by atoms with Gasteiger partial charge in [-0.25, -0.2) is 0 Å². The molecule has 0 heterocycles. The molecular weight excluding hydrogens is 202 g/mol. The highest BCUT2D eigenvalue weighted by Crippen LogP contribution is 2.31. The highest BCUT2D eigenvalue weighted by atomic mass is 35.5. The molecule has 0 spiro atoms. The lowest BCUT2D eigenvalue weighted by Gasteiger charge is -2.37. The molecule has 1 aliphatic carbocycles. The summed E-state index contributed by atoms with van der Waals surface area (Å²) in [6, 6.07) is 0. The zero-order valence-corrected chi connectivity index (χ0v) is 9.15. The van der Waals surface area contributed by atoms with E-state index in [0.717, 1.165) is 32.1 Å². The van der Waals surface area contributed by atoms with Gasteiger partial charge in [0.1, 0.15) is 6.61 Å². The lowest BCUT2D eigenvalue weighted by molar-refractivity contribution is -0.126. The second-order valence-corrected chi connectivity index (χ2v) is 4.36. The number of aliphatic hydroxyl groups is 1. The van der Waals surface area contributed by atoms with Crippen LogP contribution in [0.2, 0.25) is 0 Å². The SMILES string of the molecule is O=C(CO)NC1(CCCl)CCCCC1. The van der Waals surface area contributed by atoms with Crippen LogP contribution in [0.15, 0.2) is 0 Å². The van der Waals surface area contributed by atoms with Gasteiger partial charge in [0, 0.05) is 11.4 Å². The Labute approximate surface area is 89.8 Å². The number of amides is 1. The number of aliphatic hydroxyl groups excluding tert-OH is 1. The minimum absolute atomic E-state index is 0.139. The quantitative estimate of drug-likeness (QED) is 0.703. The standard InChI is InChI=1S/C10H18ClNO2/c11-7-6-10(12-9(14)8-13)4-2-1-3-5-10/h13H,1-8H2,(H,12,14). The van der Waals surface area contributed by atoms with E-state index in [-0.39, 0.29) is 11.4 Å². The van der Waals surface area contributed by atoms with E-state index >= 15 is 0 Å². The third-order valence-electron chi connectivity index (χ3n) is 2.93. The molecule has 0 radical (unpaired) electrons. The van der Waals surface area contributed by atoms with Crippen molar-refractivity contribution in [2.24, 2.45) is 0 Å². The molecule has 0 atom stereocenters. The fourth-order valence-electron chi connectivity index (χ4n) is 2.18. The lowest BCUT2D eigenvalue weighted by Crippen LogP contribution is -2.50. The Hall–Kier alpha value is -0.280. The maximum absolute atomic E-state index is 11.2. The summed E-state index contributed by atoms with van der Waals surface area (Å²) in [4.78, 5) is 11.2. The third kappa shape index (κ3) is 3.14. The van der Waals surface area contributed by atoms with Crippen LogP contribution in [-0.4, -0.2) is 29.0 Å². The number of alkyl halides is 1. The molecule has 14 heavy (non-hydrogen) atoms. The van der Waals surface area contributed by atoms with Gasteiger partial charge in [-0.1, -0.05) is 19.3 Å². The monoisotopic (exact) mass is 219 g/mol. The average Bonchev–Trinajstić information content (AvgIpc) is 2.19. The highest BCUT2D eigenvalue weighted by Gasteiger charge is 2.32. The predicted molar refractivity (Wildman–Crippen MR) is 56.4 cm³/mol. The molecule has 0 aromatic heterocycles. The topological polar surface area (TPSA) is 49.3 Å². The molecule has 0 aromatic carbocycles. The Morgan fingerprint density at radius 2 is 2.00 bits per heavy atom. The van der Waals surface area contributed by atoms with Crippen molar-refractivity contribution in [3.05, 3.63) is 0 Å². The van der Waals surface area contributed by atoms with Gasteiger partial charge in [-0.05, 0) is 19.3 Å². The Balaban J connectivity index is 2.55. The first-order chi connectivity index (χ1) is 6.72. The van der Waals surface area contributed by atoms with Crippen LogP contribution in [0, 0.1) is 0 Å². The summed E-state index contributed by atoms with van der Waals surface area (Å²) in [5.41, 5.74) is -0.139. The molecule has 0 aliphatic heterocycles. The van der Waals surface area contributed by atoms with Gasteiger partial charge < -0.3 is 10.4 Å². The highest BCUT2D eigenvalue weighted by molar-refractivity contribution is 6.17. The zero-order chi connectivity index (χ0) is 10.4. The van der Waals surface area contributed by atoms with Crippen molar-refractivity contribution < 1.29 is 9.90 Å². The van der Waals surface area contributed by atoms with Crippen LogP contribution < -0.4 is 5.32 Å². The van der Waals surface area contributed by atoms with Gasteiger partial charge in [0.25, 0.3) is 0 Å². The van der Waals surface area contributed by atoms with Crippen molar-refractivity contribution in [3.8, 4) is 0 Å². The van der Waals surface area contributed by atoms with Crippen molar-refractivity contribution in [3.63, 3.8) is 0 Å². The van der Waals surface area contributed by atoms with Crippen LogP contribution >= 0.6 is 11.6 Å². The number of hydrogen-bond donors (Lipinski definition) is 2. The van der Waals surface area contributed by atoms with Crippen LogP contribution in [0.5, 0.6) is 0 Å². The predicted octanol–water partition coefficient (Wildman–Crippen LogP) is 1.43. The minimum Gasteiger partial charge on any atom is -0.387 e. The second kappa shape index (κ2) is 5.56. The van der Waals surface area contributed by atoms with E-state index in [1.807, 2.05) is 0 Å². The average molecular weight is 220 g/mol. The molecule has 4 heteroatoms. The number of carbonyl (C=O) groups is 1. The Kier molecular flexibility index (Phi) is 4.69. The summed E-state index contributed by atoms with van der Waals surface area (Å²) in [6.45, 7) is -0.427. The molecule has 0 saturated heterocycles. The van der Waals surface area contributed by atoms with Crippen LogP contribution in [0.4, 0.5) is 0 Å². The normalized spacial score (nSPS) is 20.4. The zero-order valence-electron chi connectivity index (χ0n) is 8.39. The largest absolute Gasteiger partial charge is 0.387 e. The van der Waals surface area contributed by atoms with Gasteiger partial charge in [-0.2, -0.15) is 0 Å². The molecule has 0 aromatic rings. The fourth-order valence-corrected chi connectivity index (χ4v) is 2.54. The van der Waals surface area contributed by atoms with Crippen molar-refractivity contribution >= 4 is 17.5 Å². The van der Waals surface area contributed by atoms with E-state index in [2.05, 4.69) is 5.32 Å². The number of nitrogens with one attached hydrogen (secondary N) is 1. The Bertz CT molecular complexity index is 185. The summed E-state index contributed by atoms with van der Waals surface area (Å²) in [5.74, 6) is 0.281. The summed E-state index contributed by atoms with van der Waals surface area (Å²) in [7, 11) is 0. The van der Waals surface area contributed by atoms with E-state index < -0.39 is 6.61 Å². The van der Waals surface area contributed by atoms with Crippen LogP contribution in [0.1, 0.15) is 38.5 Å². The third-order valence-corrected chi connectivity index (χ3v) is 3.12. The molecule has 1 rings (SSSR count). The van der Waals surface area contributed by atoms with Crippen molar-refractivity contribution in [1.82, 2.24) is 5.32 Å². The van der Waals surface area contributed by atoms with E-state index in [9.17, 15) is 4.79 Å². The molecular formula is C10H18ClNO2. The summed E-state index contributed by atoms with van der Waals surface area (Å²) >= 11 is 5.74. The molecule has 0 bridgehead atoms. The first kappa shape index (κ1) is 11.8. The first-order valence-electron chi connectivity index (χ1n) is 5.20. The smallest absolute Gasteiger partial charge is 0.246 e. The van der Waals surface area contributed by atoms with Crippen LogP contribution in [0.3, 0.4) is 0 Å². The number of hydrogen-bond acceptors (Lipinski definition) is 2. The summed E-state index contributed by atoms with van der Waals surface area (Å²) in [6.07, 6.45) is 6.31. The maximum Gasteiger partial charge on any atom is 0.246 e. The van der Waals surface area contributed by atoms with E-state index in [4.69, 9.17) is 16.7 Å². The van der Waals surface area contributed by atoms with Crippen LogP contribution in [0.25, 0.3) is 0 Å². The van der Waals surface area contributed by atoms with Gasteiger partial charge in [0.15, 0.2) is 0 Å². The van der Waals surface area contributed by atoms with Gasteiger partial charge in [-0.3, -0.25) is 4.79 Å². The first-order valence-corrected chi connectivity index (χ1v) is 5.74. The number of rotatable bonds is 4. The second-order valence-electron chi connectivity index (χ2n) is 3.99. The van der Waals surface area contributed by atoms with Crippen molar-refractivity contribution in [2.45, 2.75) is 44.1 Å². The molecule has 3 nitrogen and oxygen atoms in total. The number of carbonyl (C=O) groups excluding carboxylic acids is 1. The molecule has 0 unspecified atom stereocenters. The Morgan fingerprint density at radius 1 is 1.36 bits per heavy atom. The molecule has 1 saturated carbocycles. The van der Waals surface area contributed by atoms with E-state index in [1.165, 1.54) is 6.42 Å². The van der Waals surface area contributed by atoms with Crippen LogP contribution in [-0.2, 0) is 4.79 Å². The van der Waals surface area contributed by atoms with Gasteiger partial charge >= 0.3 is 0 Å². The lowest BCUT2D eigenvalue weighted by atomic mass is 9.79. The maximum atomic E-state index is 11.2. The number of halogens is 1.